The van der Waals surface area contributed by atoms with E-state index in [0.717, 1.165) is 0 Å². The molecule has 0 amide bonds. The molecular weight excluding hydrogens is 327 g/mol. The van der Waals surface area contributed by atoms with Crippen LogP contribution in [0.3, 0.4) is 0 Å². The summed E-state index contributed by atoms with van der Waals surface area (Å²) in [6.07, 6.45) is 0. The minimum Gasteiger partial charge on any atom is -1.00 e. The van der Waals surface area contributed by atoms with E-state index in [9.17, 15) is 9.59 Å². The van der Waals surface area contributed by atoms with Gasteiger partial charge in [0, 0.05) is 16.1 Å². The van der Waals surface area contributed by atoms with Gasteiger partial charge in [-0.3, -0.25) is 4.79 Å². The fraction of sp³-hybridized carbons (Fsp3) is 0.176. The zero-order chi connectivity index (χ0) is 16.3. The largest absolute Gasteiger partial charge is 1.00 e. The van der Waals surface area contributed by atoms with Gasteiger partial charge in [0.25, 0.3) is 0 Å². The minimum atomic E-state index is -1.33. The van der Waals surface area contributed by atoms with Crippen LogP contribution in [-0.2, 0) is 4.79 Å². The second-order valence-corrected chi connectivity index (χ2v) is 5.71. The van der Waals surface area contributed by atoms with E-state index in [1.54, 1.807) is 48.5 Å². The van der Waals surface area contributed by atoms with Gasteiger partial charge >= 0.3 is 35.5 Å². The molecule has 0 aliphatic carbocycles. The number of carbonyl (C=O) groups is 2. The Bertz CT molecular complexity index is 700. The number of halogens is 1. The first-order valence-electron chi connectivity index (χ1n) is 6.62. The first-order valence-corrected chi connectivity index (χ1v) is 7.00. The summed E-state index contributed by atoms with van der Waals surface area (Å²) >= 11 is 5.79. The molecule has 0 aromatic heterocycles. The number of hydrogen-bond donors (Lipinski definition) is 1. The molecule has 0 radical (unpaired) electrons. The van der Waals surface area contributed by atoms with Crippen molar-refractivity contribution in [2.75, 3.05) is 0 Å². The SMILES string of the molecule is CC(C)(Oc1ccc(C(=O)c2ccc(Cl)cc2)cc1)C(=O)O.[H-].[Na+]. The third-order valence-electron chi connectivity index (χ3n) is 3.11. The van der Waals surface area contributed by atoms with E-state index < -0.39 is 11.6 Å². The van der Waals surface area contributed by atoms with Crippen molar-refractivity contribution in [3.63, 3.8) is 0 Å². The Balaban J connectivity index is 0.00000264. The second kappa shape index (κ2) is 7.97. The standard InChI is InChI=1S/C17H15ClO4.Na.H/c1-17(2,16(20)21)22-14-9-5-12(6-10-14)15(19)11-3-7-13(18)8-4-11;;/h3-10H,1-2H3,(H,20,21);;/q;+1;-1. The van der Waals surface area contributed by atoms with Gasteiger partial charge in [0.1, 0.15) is 5.75 Å². The number of ketones is 1. The maximum Gasteiger partial charge on any atom is 1.00 e. The summed E-state index contributed by atoms with van der Waals surface area (Å²) in [6.45, 7) is 2.92. The number of aliphatic carboxylic acids is 1. The Kier molecular flexibility index (Phi) is 6.84. The van der Waals surface area contributed by atoms with Gasteiger partial charge in [0.05, 0.1) is 0 Å². The van der Waals surface area contributed by atoms with Gasteiger partial charge in [0.15, 0.2) is 11.4 Å². The molecule has 0 fully saturated rings. The average molecular weight is 343 g/mol. The number of hydrogen-bond acceptors (Lipinski definition) is 3. The van der Waals surface area contributed by atoms with Crippen molar-refractivity contribution in [1.82, 2.24) is 0 Å². The molecule has 0 unspecified atom stereocenters. The summed E-state index contributed by atoms with van der Waals surface area (Å²) < 4.78 is 5.39. The first-order chi connectivity index (χ1) is 10.3. The van der Waals surface area contributed by atoms with Crippen LogP contribution in [0.1, 0.15) is 31.2 Å². The van der Waals surface area contributed by atoms with Gasteiger partial charge in [-0.1, -0.05) is 11.6 Å². The van der Waals surface area contributed by atoms with Gasteiger partial charge in [0.2, 0.25) is 0 Å². The Morgan fingerprint density at radius 3 is 1.87 bits per heavy atom. The Hall–Kier alpha value is -1.33. The van der Waals surface area contributed by atoms with Crippen molar-refractivity contribution in [3.05, 3.63) is 64.7 Å². The Morgan fingerprint density at radius 2 is 1.43 bits per heavy atom. The van der Waals surface area contributed by atoms with Gasteiger partial charge in [-0.05, 0) is 62.4 Å². The minimum absolute atomic E-state index is 0. The summed E-state index contributed by atoms with van der Waals surface area (Å²) in [5.41, 5.74) is -0.312. The van der Waals surface area contributed by atoms with Crippen LogP contribution >= 0.6 is 11.6 Å². The van der Waals surface area contributed by atoms with Gasteiger partial charge in [-0.25, -0.2) is 4.79 Å². The number of carboxylic acid groups (broad SMARTS) is 1. The van der Waals surface area contributed by atoms with Crippen LogP contribution in [0.25, 0.3) is 0 Å². The van der Waals surface area contributed by atoms with Crippen LogP contribution in [0, 0.1) is 0 Å². The van der Waals surface area contributed by atoms with Crippen molar-refractivity contribution in [2.24, 2.45) is 0 Å². The normalized spacial score (nSPS) is 10.6. The smallest absolute Gasteiger partial charge is 1.00 e. The topological polar surface area (TPSA) is 63.6 Å². The van der Waals surface area contributed by atoms with E-state index >= 15 is 0 Å². The molecule has 0 atom stereocenters. The fourth-order valence-electron chi connectivity index (χ4n) is 1.78. The molecule has 6 heteroatoms. The van der Waals surface area contributed by atoms with Crippen molar-refractivity contribution in [2.45, 2.75) is 19.4 Å². The molecule has 23 heavy (non-hydrogen) atoms. The predicted molar refractivity (Wildman–Crippen MR) is 84.8 cm³/mol. The molecule has 2 aromatic rings. The van der Waals surface area contributed by atoms with Crippen molar-refractivity contribution < 1.29 is 50.4 Å². The van der Waals surface area contributed by atoms with Gasteiger partial charge in [-0.2, -0.15) is 0 Å². The van der Waals surface area contributed by atoms with Crippen LogP contribution < -0.4 is 34.3 Å². The quantitative estimate of drug-likeness (QED) is 0.648. The van der Waals surface area contributed by atoms with Gasteiger partial charge in [-0.15, -0.1) is 0 Å². The van der Waals surface area contributed by atoms with Crippen LogP contribution in [0.2, 0.25) is 5.02 Å². The maximum atomic E-state index is 12.3. The Labute approximate surface area is 163 Å². The molecule has 116 valence electrons. The summed E-state index contributed by atoms with van der Waals surface area (Å²) in [6, 6.07) is 13.0. The van der Waals surface area contributed by atoms with Crippen LogP contribution in [-0.4, -0.2) is 22.5 Å². The average Bonchev–Trinajstić information content (AvgIpc) is 2.47. The number of carboxylic acids is 1. The third-order valence-corrected chi connectivity index (χ3v) is 3.36. The van der Waals surface area contributed by atoms with Crippen LogP contribution in [0.15, 0.2) is 48.5 Å². The molecule has 0 bridgehead atoms. The van der Waals surface area contributed by atoms with E-state index in [0.29, 0.717) is 21.9 Å². The van der Waals surface area contributed by atoms with E-state index in [1.165, 1.54) is 13.8 Å². The number of benzene rings is 2. The van der Waals surface area contributed by atoms with Gasteiger partial charge < -0.3 is 11.3 Å². The molecule has 0 saturated carbocycles. The molecule has 0 aliphatic heterocycles. The maximum absolute atomic E-state index is 12.3. The van der Waals surface area contributed by atoms with Crippen molar-refractivity contribution in [3.8, 4) is 5.75 Å². The Morgan fingerprint density at radius 1 is 1.00 bits per heavy atom. The molecule has 2 rings (SSSR count). The molecule has 0 aliphatic rings. The summed E-state index contributed by atoms with van der Waals surface area (Å²) in [4.78, 5) is 23.3. The summed E-state index contributed by atoms with van der Waals surface area (Å²) in [7, 11) is 0. The monoisotopic (exact) mass is 342 g/mol. The van der Waals surface area contributed by atoms with Crippen molar-refractivity contribution >= 4 is 23.4 Å². The van der Waals surface area contributed by atoms with Crippen LogP contribution in [0.5, 0.6) is 5.75 Å². The molecule has 2 aromatic carbocycles. The molecule has 0 saturated heterocycles. The van der Waals surface area contributed by atoms with E-state index in [4.69, 9.17) is 21.4 Å². The molecule has 0 spiro atoms. The number of ether oxygens (including phenoxy) is 1. The predicted octanol–water partition coefficient (Wildman–Crippen LogP) is 0.930. The zero-order valence-corrected chi connectivity index (χ0v) is 15.9. The van der Waals surface area contributed by atoms with Crippen molar-refractivity contribution in [1.29, 1.82) is 0 Å². The fourth-order valence-corrected chi connectivity index (χ4v) is 1.91. The van der Waals surface area contributed by atoms with E-state index in [1.807, 2.05) is 0 Å². The summed E-state index contributed by atoms with van der Waals surface area (Å²) in [5.74, 6) is -0.811. The number of carbonyl (C=O) groups excluding carboxylic acids is 1. The molecule has 1 N–H and O–H groups in total. The molecule has 0 heterocycles. The van der Waals surface area contributed by atoms with Crippen LogP contribution in [0.4, 0.5) is 0 Å². The molecular formula is C17H16ClNaO4. The zero-order valence-electron chi connectivity index (χ0n) is 14.2. The van der Waals surface area contributed by atoms with E-state index in [2.05, 4.69) is 0 Å². The first kappa shape index (κ1) is 19.7. The number of rotatable bonds is 5. The molecule has 4 nitrogen and oxygen atoms in total. The third kappa shape index (κ3) is 5.08. The second-order valence-electron chi connectivity index (χ2n) is 5.28. The van der Waals surface area contributed by atoms with E-state index in [-0.39, 0.29) is 36.8 Å². The summed E-state index contributed by atoms with van der Waals surface area (Å²) in [5, 5.41) is 9.59.